The molecule has 0 unspecified atom stereocenters. The number of hydrogen-bond acceptors (Lipinski definition) is 3. The minimum Gasteiger partial charge on any atom is -0.431 e. The average Bonchev–Trinajstić information content (AvgIpc) is 2.95. The summed E-state index contributed by atoms with van der Waals surface area (Å²) in [5.74, 6) is -0.397. The highest BCUT2D eigenvalue weighted by molar-refractivity contribution is 6.35. The molecular weight excluding hydrogens is 323 g/mol. The van der Waals surface area contributed by atoms with Crippen molar-refractivity contribution >= 4 is 35.1 Å². The van der Waals surface area contributed by atoms with E-state index in [1.807, 2.05) is 30.3 Å². The summed E-state index contributed by atoms with van der Waals surface area (Å²) in [6.07, 6.45) is 1.48. The molecule has 1 N–H and O–H groups in total. The van der Waals surface area contributed by atoms with Gasteiger partial charge in [0.15, 0.2) is 0 Å². The Morgan fingerprint density at radius 2 is 1.73 bits per heavy atom. The maximum absolute atomic E-state index is 12.1. The van der Waals surface area contributed by atoms with E-state index in [-0.39, 0.29) is 6.01 Å². The van der Waals surface area contributed by atoms with Gasteiger partial charge in [-0.2, -0.15) is 4.98 Å². The largest absolute Gasteiger partial charge is 0.431 e. The number of aromatic nitrogens is 1. The number of amides is 1. The molecule has 0 aliphatic rings. The Morgan fingerprint density at radius 1 is 1.05 bits per heavy atom. The molecule has 0 spiro atoms. The van der Waals surface area contributed by atoms with E-state index < -0.39 is 5.91 Å². The lowest BCUT2D eigenvalue weighted by Gasteiger charge is -2.02. The van der Waals surface area contributed by atoms with E-state index >= 15 is 0 Å². The molecule has 6 heteroatoms. The number of carbonyl (C=O) groups is 1. The lowest BCUT2D eigenvalue weighted by molar-refractivity contribution is 0.102. The van der Waals surface area contributed by atoms with Gasteiger partial charge in [0.05, 0.1) is 0 Å². The molecule has 4 nitrogen and oxygen atoms in total. The Balaban J connectivity index is 1.79. The van der Waals surface area contributed by atoms with Crippen LogP contribution in [0.5, 0.6) is 0 Å². The zero-order valence-electron chi connectivity index (χ0n) is 11.2. The molecule has 1 amide bonds. The maximum atomic E-state index is 12.1. The summed E-state index contributed by atoms with van der Waals surface area (Å²) in [6, 6.07) is 14.2. The molecular formula is C16H10Cl2N2O2. The zero-order valence-corrected chi connectivity index (χ0v) is 12.7. The summed E-state index contributed by atoms with van der Waals surface area (Å²) >= 11 is 11.8. The van der Waals surface area contributed by atoms with E-state index in [0.29, 0.717) is 21.3 Å². The first kappa shape index (κ1) is 14.6. The van der Waals surface area contributed by atoms with Gasteiger partial charge in [-0.1, -0.05) is 53.5 Å². The van der Waals surface area contributed by atoms with Crippen molar-refractivity contribution in [3.8, 4) is 11.3 Å². The normalized spacial score (nSPS) is 10.5. The fraction of sp³-hybridized carbons (Fsp3) is 0. The molecule has 110 valence electrons. The van der Waals surface area contributed by atoms with Crippen molar-refractivity contribution in [1.82, 2.24) is 4.98 Å². The number of oxazole rings is 1. The van der Waals surface area contributed by atoms with Gasteiger partial charge in [-0.3, -0.25) is 10.1 Å². The Bertz CT molecular complexity index is 796. The average molecular weight is 333 g/mol. The Labute approximate surface area is 136 Å². The van der Waals surface area contributed by atoms with Crippen LogP contribution in [0.4, 0.5) is 6.01 Å². The molecule has 3 aromatic rings. The minimum atomic E-state index is -0.397. The van der Waals surface area contributed by atoms with E-state index in [1.165, 1.54) is 18.4 Å². The van der Waals surface area contributed by atoms with Crippen molar-refractivity contribution in [2.45, 2.75) is 0 Å². The quantitative estimate of drug-likeness (QED) is 0.742. The number of rotatable bonds is 3. The van der Waals surface area contributed by atoms with E-state index in [4.69, 9.17) is 27.6 Å². The Morgan fingerprint density at radius 3 is 2.41 bits per heavy atom. The number of hydrogen-bond donors (Lipinski definition) is 1. The fourth-order valence-corrected chi connectivity index (χ4v) is 2.45. The fourth-order valence-electron chi connectivity index (χ4n) is 1.93. The van der Waals surface area contributed by atoms with E-state index in [0.717, 1.165) is 5.56 Å². The number of nitrogens with one attached hydrogen (secondary N) is 1. The van der Waals surface area contributed by atoms with Crippen LogP contribution >= 0.6 is 23.2 Å². The predicted octanol–water partition coefficient (Wildman–Crippen LogP) is 4.90. The van der Waals surface area contributed by atoms with Crippen LogP contribution in [0.15, 0.2) is 59.2 Å². The highest BCUT2D eigenvalue weighted by Gasteiger charge is 2.12. The van der Waals surface area contributed by atoms with Crippen molar-refractivity contribution in [1.29, 1.82) is 0 Å². The summed E-state index contributed by atoms with van der Waals surface area (Å²) in [5.41, 5.74) is 1.87. The van der Waals surface area contributed by atoms with Gasteiger partial charge < -0.3 is 4.42 Å². The van der Waals surface area contributed by atoms with Crippen molar-refractivity contribution in [2.24, 2.45) is 0 Å². The summed E-state index contributed by atoms with van der Waals surface area (Å²) in [4.78, 5) is 16.4. The van der Waals surface area contributed by atoms with Crippen LogP contribution in [0.25, 0.3) is 11.3 Å². The molecule has 0 radical (unpaired) electrons. The first-order valence-electron chi connectivity index (χ1n) is 6.40. The second kappa shape index (κ2) is 6.22. The number of carbonyl (C=O) groups excluding carboxylic acids is 1. The van der Waals surface area contributed by atoms with Gasteiger partial charge in [-0.05, 0) is 18.2 Å². The van der Waals surface area contributed by atoms with E-state index in [1.54, 1.807) is 6.07 Å². The van der Waals surface area contributed by atoms with Crippen molar-refractivity contribution in [3.63, 3.8) is 0 Å². The monoisotopic (exact) mass is 332 g/mol. The van der Waals surface area contributed by atoms with Crippen LogP contribution in [0.2, 0.25) is 10.0 Å². The molecule has 2 aromatic carbocycles. The van der Waals surface area contributed by atoms with E-state index in [2.05, 4.69) is 10.3 Å². The third-order valence-electron chi connectivity index (χ3n) is 2.92. The zero-order chi connectivity index (χ0) is 15.5. The Kier molecular flexibility index (Phi) is 4.13. The first-order chi connectivity index (χ1) is 10.6. The van der Waals surface area contributed by atoms with Crippen molar-refractivity contribution in [3.05, 3.63) is 70.4 Å². The Hall–Kier alpha value is -2.30. The number of anilines is 1. The summed E-state index contributed by atoms with van der Waals surface area (Å²) < 4.78 is 5.26. The molecule has 3 rings (SSSR count). The van der Waals surface area contributed by atoms with Crippen LogP contribution < -0.4 is 5.32 Å². The second-order valence-corrected chi connectivity index (χ2v) is 5.39. The highest BCUT2D eigenvalue weighted by Crippen LogP contribution is 2.22. The predicted molar refractivity (Wildman–Crippen MR) is 86.4 cm³/mol. The maximum Gasteiger partial charge on any atom is 0.302 e. The third kappa shape index (κ3) is 3.30. The molecule has 1 aromatic heterocycles. The molecule has 0 atom stereocenters. The van der Waals surface area contributed by atoms with Gasteiger partial charge in [0.25, 0.3) is 5.91 Å². The molecule has 0 aliphatic heterocycles. The standard InChI is InChI=1S/C16H10Cl2N2O2/c17-12-6-11(7-13(18)8-12)15(21)20-16-19-14(9-22-16)10-4-2-1-3-5-10/h1-9H,(H,19,20,21). The second-order valence-electron chi connectivity index (χ2n) is 4.52. The van der Waals surface area contributed by atoms with Gasteiger partial charge >= 0.3 is 6.01 Å². The lowest BCUT2D eigenvalue weighted by Crippen LogP contribution is -2.12. The molecule has 0 fully saturated rings. The molecule has 0 saturated carbocycles. The third-order valence-corrected chi connectivity index (χ3v) is 3.36. The van der Waals surface area contributed by atoms with Crippen LogP contribution in [-0.2, 0) is 0 Å². The van der Waals surface area contributed by atoms with Crippen molar-refractivity contribution < 1.29 is 9.21 Å². The van der Waals surface area contributed by atoms with Crippen LogP contribution in [0.1, 0.15) is 10.4 Å². The lowest BCUT2D eigenvalue weighted by atomic mass is 10.2. The number of benzene rings is 2. The molecule has 0 aliphatic carbocycles. The SMILES string of the molecule is O=C(Nc1nc(-c2ccccc2)co1)c1cc(Cl)cc(Cl)c1. The number of halogens is 2. The highest BCUT2D eigenvalue weighted by atomic mass is 35.5. The van der Waals surface area contributed by atoms with Gasteiger partial charge in [0.2, 0.25) is 0 Å². The van der Waals surface area contributed by atoms with Crippen LogP contribution in [0.3, 0.4) is 0 Å². The molecule has 0 saturated heterocycles. The van der Waals surface area contributed by atoms with Gasteiger partial charge in [0, 0.05) is 21.2 Å². The van der Waals surface area contributed by atoms with E-state index in [9.17, 15) is 4.79 Å². The van der Waals surface area contributed by atoms with Crippen LogP contribution in [-0.4, -0.2) is 10.9 Å². The van der Waals surface area contributed by atoms with Crippen molar-refractivity contribution in [2.75, 3.05) is 5.32 Å². The molecule has 1 heterocycles. The topological polar surface area (TPSA) is 55.1 Å². The summed E-state index contributed by atoms with van der Waals surface area (Å²) in [6.45, 7) is 0. The number of nitrogens with zero attached hydrogens (tertiary/aromatic N) is 1. The minimum absolute atomic E-state index is 0.111. The summed E-state index contributed by atoms with van der Waals surface area (Å²) in [7, 11) is 0. The smallest absolute Gasteiger partial charge is 0.302 e. The summed E-state index contributed by atoms with van der Waals surface area (Å²) in [5, 5.41) is 3.34. The van der Waals surface area contributed by atoms with Gasteiger partial charge in [-0.15, -0.1) is 0 Å². The first-order valence-corrected chi connectivity index (χ1v) is 7.16. The van der Waals surface area contributed by atoms with Crippen LogP contribution in [0, 0.1) is 0 Å². The molecule has 0 bridgehead atoms. The van der Waals surface area contributed by atoms with Gasteiger partial charge in [-0.25, -0.2) is 0 Å². The molecule has 22 heavy (non-hydrogen) atoms. The van der Waals surface area contributed by atoms with Gasteiger partial charge in [0.1, 0.15) is 12.0 Å².